The van der Waals surface area contributed by atoms with Crippen molar-refractivity contribution >= 4 is 21.8 Å². The topological polar surface area (TPSA) is 98.8 Å². The summed E-state index contributed by atoms with van der Waals surface area (Å²) in [4.78, 5) is 26.0. The van der Waals surface area contributed by atoms with Gasteiger partial charge in [0.1, 0.15) is 6.04 Å². The molecule has 1 heterocycles. The molecule has 2 amide bonds. The normalized spacial score (nSPS) is 17.1. The van der Waals surface area contributed by atoms with E-state index >= 15 is 0 Å². The van der Waals surface area contributed by atoms with Crippen LogP contribution in [0.25, 0.3) is 0 Å². The predicted molar refractivity (Wildman–Crippen MR) is 112 cm³/mol. The lowest BCUT2D eigenvalue weighted by Crippen LogP contribution is -2.53. The maximum absolute atomic E-state index is 12.9. The van der Waals surface area contributed by atoms with Crippen molar-refractivity contribution in [3.63, 3.8) is 0 Å². The first kappa shape index (κ1) is 23.3. The Bertz CT molecular complexity index is 800. The zero-order chi connectivity index (χ0) is 21.6. The van der Waals surface area contributed by atoms with E-state index in [1.807, 2.05) is 24.0 Å². The number of benzene rings is 1. The number of likely N-dealkylation sites (N-methyl/N-ethyl adjacent to an activating group) is 1. The summed E-state index contributed by atoms with van der Waals surface area (Å²) < 4.78 is 27.2. The van der Waals surface area contributed by atoms with Crippen molar-refractivity contribution < 1.29 is 18.0 Å². The van der Waals surface area contributed by atoms with Crippen LogP contribution in [-0.4, -0.2) is 74.7 Å². The first-order valence-electron chi connectivity index (χ1n) is 10.0. The van der Waals surface area contributed by atoms with Gasteiger partial charge in [0.15, 0.2) is 0 Å². The summed E-state index contributed by atoms with van der Waals surface area (Å²) in [5.74, 6) is -0.123. The van der Waals surface area contributed by atoms with Gasteiger partial charge >= 0.3 is 0 Å². The first-order valence-corrected chi connectivity index (χ1v) is 11.5. The number of carbonyl (C=O) groups is 2. The number of nitrogens with zero attached hydrogens (tertiary/aromatic N) is 2. The van der Waals surface area contributed by atoms with Crippen molar-refractivity contribution in [2.45, 2.75) is 44.6 Å². The molecule has 162 valence electrons. The molecule has 1 atom stereocenters. The fraction of sp³-hybridized carbons (Fsp3) is 0.600. The quantitative estimate of drug-likeness (QED) is 0.642. The molecule has 29 heavy (non-hydrogen) atoms. The standard InChI is InChI=1S/C20H32N4O4S/c1-5-21-20(26)16(4)22-19(25)14-23-10-12-24(13-11-23)29(27,28)18-8-6-17(7-9-18)15(2)3/h6-9,15-16H,5,10-14H2,1-4H3,(H,21,26)(H,22,25)/t16-/m0/s1. The second kappa shape index (κ2) is 10.2. The summed E-state index contributed by atoms with van der Waals surface area (Å²) in [6.45, 7) is 9.82. The smallest absolute Gasteiger partial charge is 0.243 e. The van der Waals surface area contributed by atoms with E-state index in [1.54, 1.807) is 19.1 Å². The molecule has 1 aromatic rings. The number of sulfonamides is 1. The third-order valence-electron chi connectivity index (χ3n) is 5.00. The van der Waals surface area contributed by atoms with Crippen molar-refractivity contribution in [2.75, 3.05) is 39.3 Å². The molecule has 1 fully saturated rings. The van der Waals surface area contributed by atoms with Gasteiger partial charge < -0.3 is 10.6 Å². The fourth-order valence-corrected chi connectivity index (χ4v) is 4.61. The Kier molecular flexibility index (Phi) is 8.18. The van der Waals surface area contributed by atoms with Crippen LogP contribution in [0.1, 0.15) is 39.2 Å². The zero-order valence-corrected chi connectivity index (χ0v) is 18.5. The Balaban J connectivity index is 1.87. The van der Waals surface area contributed by atoms with Crippen LogP contribution < -0.4 is 10.6 Å². The summed E-state index contributed by atoms with van der Waals surface area (Å²) >= 11 is 0. The summed E-state index contributed by atoms with van der Waals surface area (Å²) in [7, 11) is -3.54. The van der Waals surface area contributed by atoms with Crippen LogP contribution >= 0.6 is 0 Å². The van der Waals surface area contributed by atoms with Gasteiger partial charge in [-0.3, -0.25) is 14.5 Å². The number of carbonyl (C=O) groups excluding carboxylic acids is 2. The number of rotatable bonds is 8. The van der Waals surface area contributed by atoms with Crippen molar-refractivity contribution in [3.05, 3.63) is 29.8 Å². The highest BCUT2D eigenvalue weighted by Crippen LogP contribution is 2.21. The predicted octanol–water partition coefficient (Wildman–Crippen LogP) is 0.757. The van der Waals surface area contributed by atoms with Gasteiger partial charge in [-0.1, -0.05) is 26.0 Å². The number of piperazine rings is 1. The van der Waals surface area contributed by atoms with Gasteiger partial charge in [0.05, 0.1) is 11.4 Å². The van der Waals surface area contributed by atoms with Gasteiger partial charge in [-0.2, -0.15) is 4.31 Å². The van der Waals surface area contributed by atoms with Gasteiger partial charge in [0.2, 0.25) is 21.8 Å². The Labute approximate surface area is 173 Å². The molecule has 1 aromatic carbocycles. The monoisotopic (exact) mass is 424 g/mol. The van der Waals surface area contributed by atoms with Crippen LogP contribution in [0, 0.1) is 0 Å². The van der Waals surface area contributed by atoms with Gasteiger partial charge in [-0.05, 0) is 37.5 Å². The van der Waals surface area contributed by atoms with Crippen molar-refractivity contribution in [1.29, 1.82) is 0 Å². The summed E-state index contributed by atoms with van der Waals surface area (Å²) in [6, 6.07) is 6.43. The molecule has 0 radical (unpaired) electrons. The summed E-state index contributed by atoms with van der Waals surface area (Å²) in [5.41, 5.74) is 1.10. The van der Waals surface area contributed by atoms with Crippen molar-refractivity contribution in [2.24, 2.45) is 0 Å². The number of hydrogen-bond donors (Lipinski definition) is 2. The van der Waals surface area contributed by atoms with Crippen molar-refractivity contribution in [3.8, 4) is 0 Å². The average Bonchev–Trinajstić information content (AvgIpc) is 2.68. The Hall–Kier alpha value is -1.97. The minimum absolute atomic E-state index is 0.140. The molecule has 0 bridgehead atoms. The fourth-order valence-electron chi connectivity index (χ4n) is 3.18. The highest BCUT2D eigenvalue weighted by molar-refractivity contribution is 7.89. The molecule has 0 aliphatic carbocycles. The highest BCUT2D eigenvalue weighted by atomic mass is 32.2. The van der Waals surface area contributed by atoms with E-state index in [1.165, 1.54) is 4.31 Å². The lowest BCUT2D eigenvalue weighted by Gasteiger charge is -2.33. The molecule has 2 N–H and O–H groups in total. The van der Waals surface area contributed by atoms with E-state index in [4.69, 9.17) is 0 Å². The molecule has 0 aromatic heterocycles. The molecular weight excluding hydrogens is 392 g/mol. The van der Waals surface area contributed by atoms with Gasteiger partial charge in [0, 0.05) is 32.7 Å². The van der Waals surface area contributed by atoms with Crippen LogP contribution in [0.2, 0.25) is 0 Å². The van der Waals surface area contributed by atoms with Crippen LogP contribution in [0.5, 0.6) is 0 Å². The Morgan fingerprint density at radius 1 is 1.03 bits per heavy atom. The molecule has 1 aliphatic rings. The summed E-state index contributed by atoms with van der Waals surface area (Å²) in [6.07, 6.45) is 0. The van der Waals surface area contributed by atoms with Crippen LogP contribution in [0.15, 0.2) is 29.2 Å². The van der Waals surface area contributed by atoms with Crippen LogP contribution in [-0.2, 0) is 19.6 Å². The SMILES string of the molecule is CCNC(=O)[C@H](C)NC(=O)CN1CCN(S(=O)(=O)c2ccc(C(C)C)cc2)CC1. The zero-order valence-electron chi connectivity index (χ0n) is 17.6. The molecule has 8 nitrogen and oxygen atoms in total. The average molecular weight is 425 g/mol. The Morgan fingerprint density at radius 3 is 2.14 bits per heavy atom. The largest absolute Gasteiger partial charge is 0.355 e. The van der Waals surface area contributed by atoms with Gasteiger partial charge in [-0.15, -0.1) is 0 Å². The molecule has 2 rings (SSSR count). The number of hydrogen-bond acceptors (Lipinski definition) is 5. The molecule has 0 spiro atoms. The van der Waals surface area contributed by atoms with E-state index in [0.717, 1.165) is 5.56 Å². The van der Waals surface area contributed by atoms with Crippen LogP contribution in [0.4, 0.5) is 0 Å². The molecular formula is C20H32N4O4S. The van der Waals surface area contributed by atoms with E-state index < -0.39 is 16.1 Å². The lowest BCUT2D eigenvalue weighted by molar-refractivity contribution is -0.129. The first-order chi connectivity index (χ1) is 13.6. The van der Waals surface area contributed by atoms with Crippen LogP contribution in [0.3, 0.4) is 0 Å². The van der Waals surface area contributed by atoms with E-state index in [2.05, 4.69) is 24.5 Å². The van der Waals surface area contributed by atoms with Gasteiger partial charge in [0.25, 0.3) is 0 Å². The maximum atomic E-state index is 12.9. The van der Waals surface area contributed by atoms with E-state index in [9.17, 15) is 18.0 Å². The number of amides is 2. The molecule has 1 saturated heterocycles. The van der Waals surface area contributed by atoms with Crippen molar-refractivity contribution in [1.82, 2.24) is 19.8 Å². The van der Waals surface area contributed by atoms with Gasteiger partial charge in [-0.25, -0.2) is 8.42 Å². The molecule has 0 saturated carbocycles. The number of nitrogens with one attached hydrogen (secondary N) is 2. The second-order valence-corrected chi connectivity index (χ2v) is 9.53. The second-order valence-electron chi connectivity index (χ2n) is 7.59. The minimum Gasteiger partial charge on any atom is -0.355 e. The molecule has 0 unspecified atom stereocenters. The van der Waals surface area contributed by atoms with E-state index in [0.29, 0.717) is 43.5 Å². The molecule has 1 aliphatic heterocycles. The lowest BCUT2D eigenvalue weighted by atomic mass is 10.0. The third kappa shape index (κ3) is 6.25. The Morgan fingerprint density at radius 2 is 1.62 bits per heavy atom. The minimum atomic E-state index is -3.54. The highest BCUT2D eigenvalue weighted by Gasteiger charge is 2.29. The third-order valence-corrected chi connectivity index (χ3v) is 6.92. The molecule has 9 heteroatoms. The van der Waals surface area contributed by atoms with E-state index in [-0.39, 0.29) is 18.4 Å². The maximum Gasteiger partial charge on any atom is 0.243 e. The summed E-state index contributed by atoms with van der Waals surface area (Å²) in [5, 5.41) is 5.33.